The highest BCUT2D eigenvalue weighted by molar-refractivity contribution is 5.23. The maximum atomic E-state index is 13.0. The highest BCUT2D eigenvalue weighted by Gasteiger charge is 2.31. The largest absolute Gasteiger partial charge is 0.381 e. The van der Waals surface area contributed by atoms with Crippen LogP contribution >= 0.6 is 0 Å². The lowest BCUT2D eigenvalue weighted by Crippen LogP contribution is -2.44. The van der Waals surface area contributed by atoms with Crippen LogP contribution in [0.25, 0.3) is 0 Å². The van der Waals surface area contributed by atoms with E-state index in [-0.39, 0.29) is 5.82 Å². The molecule has 104 valence electrons. The minimum Gasteiger partial charge on any atom is -0.381 e. The number of ether oxygens (including phenoxy) is 2. The van der Waals surface area contributed by atoms with Crippen LogP contribution in [0.15, 0.2) is 24.3 Å². The van der Waals surface area contributed by atoms with Crippen molar-refractivity contribution in [3.05, 3.63) is 35.6 Å². The summed E-state index contributed by atoms with van der Waals surface area (Å²) in [6.07, 6.45) is 2.12. The number of rotatable bonds is 3. The van der Waals surface area contributed by atoms with E-state index in [0.29, 0.717) is 24.6 Å². The molecule has 1 aromatic rings. The van der Waals surface area contributed by atoms with Gasteiger partial charge in [0, 0.05) is 31.2 Å². The molecule has 4 heteroatoms. The Bertz CT molecular complexity index is 403. The van der Waals surface area contributed by atoms with Gasteiger partial charge in [-0.1, -0.05) is 12.1 Å². The second-order valence-electron chi connectivity index (χ2n) is 5.36. The van der Waals surface area contributed by atoms with Crippen LogP contribution in [-0.4, -0.2) is 38.5 Å². The Kier molecular flexibility index (Phi) is 4.11. The number of hydrogen-bond donors (Lipinski definition) is 1. The summed E-state index contributed by atoms with van der Waals surface area (Å²) >= 11 is 0. The van der Waals surface area contributed by atoms with Crippen molar-refractivity contribution in [2.45, 2.75) is 30.8 Å². The molecule has 0 amide bonds. The van der Waals surface area contributed by atoms with Gasteiger partial charge < -0.3 is 14.8 Å². The minimum atomic E-state index is -0.184. The molecule has 2 aliphatic heterocycles. The van der Waals surface area contributed by atoms with Gasteiger partial charge in [-0.2, -0.15) is 0 Å². The van der Waals surface area contributed by atoms with E-state index in [9.17, 15) is 4.39 Å². The molecule has 0 spiro atoms. The Labute approximate surface area is 113 Å². The normalized spacial score (nSPS) is 28.7. The Morgan fingerprint density at radius 2 is 1.74 bits per heavy atom. The molecule has 3 rings (SSSR count). The zero-order chi connectivity index (χ0) is 13.1. The van der Waals surface area contributed by atoms with Crippen LogP contribution in [0.4, 0.5) is 4.39 Å². The molecule has 1 aromatic carbocycles. The van der Waals surface area contributed by atoms with Gasteiger partial charge in [-0.25, -0.2) is 4.39 Å². The standard InChI is InChI=1S/C15H20FNO2/c16-12-3-1-11(2-4-12)14-9-19-10-15(14)17-13-5-7-18-8-6-13/h1-4,13-15,17H,5-10H2/t14-,15+/m1/s1. The van der Waals surface area contributed by atoms with Crippen LogP contribution in [0.5, 0.6) is 0 Å². The SMILES string of the molecule is Fc1ccc([C@H]2COC[C@@H]2NC2CCOCC2)cc1. The van der Waals surface area contributed by atoms with Gasteiger partial charge in [-0.15, -0.1) is 0 Å². The van der Waals surface area contributed by atoms with Gasteiger partial charge >= 0.3 is 0 Å². The van der Waals surface area contributed by atoms with Crippen molar-refractivity contribution in [1.29, 1.82) is 0 Å². The third-order valence-corrected chi connectivity index (χ3v) is 4.05. The van der Waals surface area contributed by atoms with E-state index in [1.165, 1.54) is 12.1 Å². The fourth-order valence-electron chi connectivity index (χ4n) is 2.92. The van der Waals surface area contributed by atoms with Crippen molar-refractivity contribution >= 4 is 0 Å². The third-order valence-electron chi connectivity index (χ3n) is 4.05. The molecule has 0 aliphatic carbocycles. The number of benzene rings is 1. The quantitative estimate of drug-likeness (QED) is 0.907. The van der Waals surface area contributed by atoms with E-state index in [1.807, 2.05) is 12.1 Å². The monoisotopic (exact) mass is 265 g/mol. The van der Waals surface area contributed by atoms with E-state index in [1.54, 1.807) is 0 Å². The van der Waals surface area contributed by atoms with Crippen molar-refractivity contribution in [3.63, 3.8) is 0 Å². The lowest BCUT2D eigenvalue weighted by atomic mass is 9.93. The van der Waals surface area contributed by atoms with Gasteiger partial charge in [-0.3, -0.25) is 0 Å². The molecule has 2 fully saturated rings. The molecule has 2 aliphatic rings. The van der Waals surface area contributed by atoms with Gasteiger partial charge in [0.15, 0.2) is 0 Å². The molecular formula is C15H20FNO2. The number of nitrogens with one attached hydrogen (secondary N) is 1. The maximum Gasteiger partial charge on any atom is 0.123 e. The van der Waals surface area contributed by atoms with Crippen molar-refractivity contribution in [2.24, 2.45) is 0 Å². The fourth-order valence-corrected chi connectivity index (χ4v) is 2.92. The molecule has 0 aromatic heterocycles. The van der Waals surface area contributed by atoms with Crippen molar-refractivity contribution in [1.82, 2.24) is 5.32 Å². The number of hydrogen-bond acceptors (Lipinski definition) is 3. The van der Waals surface area contributed by atoms with E-state index in [2.05, 4.69) is 5.32 Å². The molecule has 2 atom stereocenters. The summed E-state index contributed by atoms with van der Waals surface area (Å²) in [6.45, 7) is 3.13. The zero-order valence-electron chi connectivity index (χ0n) is 11.0. The molecule has 0 unspecified atom stereocenters. The fraction of sp³-hybridized carbons (Fsp3) is 0.600. The van der Waals surface area contributed by atoms with E-state index >= 15 is 0 Å². The summed E-state index contributed by atoms with van der Waals surface area (Å²) < 4.78 is 24.0. The Morgan fingerprint density at radius 3 is 2.47 bits per heavy atom. The van der Waals surface area contributed by atoms with Crippen LogP contribution < -0.4 is 5.32 Å². The van der Waals surface area contributed by atoms with Crippen LogP contribution in [0, 0.1) is 5.82 Å². The summed E-state index contributed by atoms with van der Waals surface area (Å²) in [5, 5.41) is 3.68. The topological polar surface area (TPSA) is 30.5 Å². The van der Waals surface area contributed by atoms with Gasteiger partial charge in [0.1, 0.15) is 5.82 Å². The average molecular weight is 265 g/mol. The molecule has 0 radical (unpaired) electrons. The Hall–Kier alpha value is -0.970. The molecule has 2 heterocycles. The van der Waals surface area contributed by atoms with Crippen LogP contribution in [0.2, 0.25) is 0 Å². The van der Waals surface area contributed by atoms with Gasteiger partial charge in [-0.05, 0) is 30.5 Å². The van der Waals surface area contributed by atoms with Gasteiger partial charge in [0.25, 0.3) is 0 Å². The first kappa shape index (κ1) is 13.0. The molecular weight excluding hydrogens is 245 g/mol. The molecule has 0 bridgehead atoms. The lowest BCUT2D eigenvalue weighted by Gasteiger charge is -2.28. The summed E-state index contributed by atoms with van der Waals surface area (Å²) in [5.74, 6) is 0.139. The highest BCUT2D eigenvalue weighted by Crippen LogP contribution is 2.27. The summed E-state index contributed by atoms with van der Waals surface area (Å²) in [6, 6.07) is 7.64. The molecule has 19 heavy (non-hydrogen) atoms. The van der Waals surface area contributed by atoms with E-state index in [0.717, 1.165) is 38.2 Å². The lowest BCUT2D eigenvalue weighted by molar-refractivity contribution is 0.0736. The first-order chi connectivity index (χ1) is 9.33. The molecule has 1 N–H and O–H groups in total. The second-order valence-corrected chi connectivity index (χ2v) is 5.36. The Morgan fingerprint density at radius 1 is 1.00 bits per heavy atom. The van der Waals surface area contributed by atoms with Crippen LogP contribution in [-0.2, 0) is 9.47 Å². The molecule has 3 nitrogen and oxygen atoms in total. The zero-order valence-corrected chi connectivity index (χ0v) is 11.0. The van der Waals surface area contributed by atoms with Crippen LogP contribution in [0.1, 0.15) is 24.3 Å². The predicted octanol–water partition coefficient (Wildman–Crippen LogP) is 2.08. The predicted molar refractivity (Wildman–Crippen MR) is 70.7 cm³/mol. The third kappa shape index (κ3) is 3.14. The van der Waals surface area contributed by atoms with Crippen molar-refractivity contribution < 1.29 is 13.9 Å². The second kappa shape index (κ2) is 5.99. The van der Waals surface area contributed by atoms with Crippen LogP contribution in [0.3, 0.4) is 0 Å². The Balaban J connectivity index is 1.65. The van der Waals surface area contributed by atoms with Crippen molar-refractivity contribution in [2.75, 3.05) is 26.4 Å². The van der Waals surface area contributed by atoms with E-state index < -0.39 is 0 Å². The molecule has 2 saturated heterocycles. The number of halogens is 1. The van der Waals surface area contributed by atoms with Crippen molar-refractivity contribution in [3.8, 4) is 0 Å². The summed E-state index contributed by atoms with van der Waals surface area (Å²) in [7, 11) is 0. The molecule has 0 saturated carbocycles. The van der Waals surface area contributed by atoms with Gasteiger partial charge in [0.05, 0.1) is 13.2 Å². The minimum absolute atomic E-state index is 0.184. The summed E-state index contributed by atoms with van der Waals surface area (Å²) in [4.78, 5) is 0. The smallest absolute Gasteiger partial charge is 0.123 e. The van der Waals surface area contributed by atoms with E-state index in [4.69, 9.17) is 9.47 Å². The highest BCUT2D eigenvalue weighted by atomic mass is 19.1. The first-order valence-corrected chi connectivity index (χ1v) is 7.00. The summed E-state index contributed by atoms with van der Waals surface area (Å²) in [5.41, 5.74) is 1.16. The first-order valence-electron chi connectivity index (χ1n) is 7.00. The average Bonchev–Trinajstić information content (AvgIpc) is 2.89. The van der Waals surface area contributed by atoms with Gasteiger partial charge in [0.2, 0.25) is 0 Å². The maximum absolute atomic E-state index is 13.0.